The van der Waals surface area contributed by atoms with Gasteiger partial charge in [0.1, 0.15) is 18.1 Å². The Kier molecular flexibility index (Phi) is 7.31. The molecule has 0 bridgehead atoms. The summed E-state index contributed by atoms with van der Waals surface area (Å²) >= 11 is 0. The van der Waals surface area contributed by atoms with E-state index in [-0.39, 0.29) is 36.4 Å². The maximum Gasteiger partial charge on any atom is 0.270 e. The van der Waals surface area contributed by atoms with Gasteiger partial charge in [0.2, 0.25) is 0 Å². The Bertz CT molecular complexity index is 1340. The molecule has 2 heterocycles. The normalized spacial score (nSPS) is 10.9. The Morgan fingerprint density at radius 3 is 2.51 bits per heavy atom. The van der Waals surface area contributed by atoms with Gasteiger partial charge in [-0.1, -0.05) is 24.3 Å². The van der Waals surface area contributed by atoms with Crippen LogP contribution in [0, 0.1) is 5.82 Å². The molecule has 9 nitrogen and oxygen atoms in total. The minimum Gasteiger partial charge on any atom is -0.508 e. The highest BCUT2D eigenvalue weighted by Crippen LogP contribution is 2.25. The number of phenolic OH excluding ortho intramolecular Hbond substituents is 1. The molecular weight excluding hydrogens is 449 g/mol. The third-order valence-corrected chi connectivity index (χ3v) is 4.81. The highest BCUT2D eigenvalue weighted by atomic mass is 19.1. The van der Waals surface area contributed by atoms with Gasteiger partial charge in [0.05, 0.1) is 30.3 Å². The lowest BCUT2D eigenvalue weighted by Gasteiger charge is -2.08. The number of anilines is 3. The second-order valence-electron chi connectivity index (χ2n) is 7.61. The van der Waals surface area contributed by atoms with Gasteiger partial charge in [0.25, 0.3) is 5.95 Å². The number of nitrogens with zero attached hydrogens (tertiary/aromatic N) is 5. The van der Waals surface area contributed by atoms with E-state index in [1.807, 2.05) is 48.5 Å². The molecule has 0 aliphatic heterocycles. The van der Waals surface area contributed by atoms with Crippen LogP contribution in [0.4, 0.5) is 27.5 Å². The topological polar surface area (TPSA) is 125 Å². The van der Waals surface area contributed by atoms with Crippen molar-refractivity contribution < 1.29 is 14.3 Å². The Morgan fingerprint density at radius 2 is 1.80 bits per heavy atom. The number of ketones is 1. The molecule has 176 valence electrons. The first-order chi connectivity index (χ1) is 17.0. The molecule has 0 unspecified atom stereocenters. The van der Waals surface area contributed by atoms with Gasteiger partial charge >= 0.3 is 0 Å². The SMILES string of the molecule is CC(=O)CNc1nc(N=NCc2ccc(Nc3ccc(-c4cccc(O)c4)cc3)cn2)ncc1F. The number of hydrogen-bond acceptors (Lipinski definition) is 9. The van der Waals surface area contributed by atoms with Crippen LogP contribution in [0.1, 0.15) is 12.6 Å². The molecule has 4 rings (SSSR count). The summed E-state index contributed by atoms with van der Waals surface area (Å²) in [6.07, 6.45) is 2.66. The third-order valence-electron chi connectivity index (χ3n) is 4.81. The van der Waals surface area contributed by atoms with Gasteiger partial charge in [0, 0.05) is 5.69 Å². The van der Waals surface area contributed by atoms with Crippen molar-refractivity contribution in [2.75, 3.05) is 17.2 Å². The van der Waals surface area contributed by atoms with E-state index in [1.165, 1.54) is 6.92 Å². The number of carbonyl (C=O) groups excluding carboxylic acids is 1. The van der Waals surface area contributed by atoms with E-state index >= 15 is 0 Å². The van der Waals surface area contributed by atoms with Crippen LogP contribution in [-0.2, 0) is 11.3 Å². The van der Waals surface area contributed by atoms with Crippen molar-refractivity contribution in [3.8, 4) is 16.9 Å². The van der Waals surface area contributed by atoms with Crippen LogP contribution in [0.25, 0.3) is 11.1 Å². The zero-order valence-corrected chi connectivity index (χ0v) is 18.8. The summed E-state index contributed by atoms with van der Waals surface area (Å²) in [5.41, 5.74) is 4.31. The molecule has 10 heteroatoms. The molecule has 0 aliphatic carbocycles. The van der Waals surface area contributed by atoms with Gasteiger partial charge in [-0.25, -0.2) is 9.37 Å². The smallest absolute Gasteiger partial charge is 0.270 e. The largest absolute Gasteiger partial charge is 0.508 e. The van der Waals surface area contributed by atoms with Gasteiger partial charge in [-0.05, 0) is 54.4 Å². The molecule has 0 fully saturated rings. The quantitative estimate of drug-likeness (QED) is 0.279. The molecule has 0 saturated heterocycles. The molecule has 0 saturated carbocycles. The summed E-state index contributed by atoms with van der Waals surface area (Å²) in [7, 11) is 0. The Morgan fingerprint density at radius 1 is 1.00 bits per heavy atom. The molecule has 2 aromatic carbocycles. The zero-order valence-electron chi connectivity index (χ0n) is 18.8. The van der Waals surface area contributed by atoms with Crippen molar-refractivity contribution in [2.24, 2.45) is 10.2 Å². The lowest BCUT2D eigenvalue weighted by atomic mass is 10.1. The first-order valence-electron chi connectivity index (χ1n) is 10.7. The number of phenols is 1. The summed E-state index contributed by atoms with van der Waals surface area (Å²) in [5.74, 6) is -0.728. The van der Waals surface area contributed by atoms with Crippen LogP contribution in [0.3, 0.4) is 0 Å². The minimum atomic E-state index is -0.677. The number of aromatic hydroxyl groups is 1. The number of azo groups is 1. The lowest BCUT2D eigenvalue weighted by molar-refractivity contribution is -0.115. The van der Waals surface area contributed by atoms with Gasteiger partial charge in [0.15, 0.2) is 11.6 Å². The third kappa shape index (κ3) is 6.64. The molecule has 2 aromatic heterocycles. The number of benzene rings is 2. The summed E-state index contributed by atoms with van der Waals surface area (Å²) in [6.45, 7) is 1.53. The molecule has 3 N–H and O–H groups in total. The average Bonchev–Trinajstić information content (AvgIpc) is 2.86. The van der Waals surface area contributed by atoms with E-state index in [2.05, 4.69) is 35.8 Å². The number of nitrogens with one attached hydrogen (secondary N) is 2. The number of halogens is 1. The number of hydrogen-bond donors (Lipinski definition) is 3. The van der Waals surface area contributed by atoms with E-state index < -0.39 is 5.82 Å². The Hall–Kier alpha value is -4.73. The van der Waals surface area contributed by atoms with E-state index in [1.54, 1.807) is 18.3 Å². The zero-order chi connectivity index (χ0) is 24.6. The van der Waals surface area contributed by atoms with Gasteiger partial charge in [-0.2, -0.15) is 10.1 Å². The van der Waals surface area contributed by atoms with Crippen LogP contribution < -0.4 is 10.6 Å². The van der Waals surface area contributed by atoms with E-state index in [0.29, 0.717) is 5.69 Å². The van der Waals surface area contributed by atoms with Crippen molar-refractivity contribution in [2.45, 2.75) is 13.5 Å². The fourth-order valence-corrected chi connectivity index (χ4v) is 3.10. The minimum absolute atomic E-state index is 0.0232. The Balaban J connectivity index is 1.33. The van der Waals surface area contributed by atoms with Gasteiger partial charge in [-0.3, -0.25) is 9.78 Å². The van der Waals surface area contributed by atoms with Crippen LogP contribution >= 0.6 is 0 Å². The summed E-state index contributed by atoms with van der Waals surface area (Å²) in [4.78, 5) is 23.1. The maximum atomic E-state index is 13.7. The van der Waals surface area contributed by atoms with Crippen molar-refractivity contribution in [3.05, 3.63) is 84.6 Å². The highest BCUT2D eigenvalue weighted by molar-refractivity contribution is 5.80. The number of rotatable bonds is 9. The Labute approximate surface area is 200 Å². The van der Waals surface area contributed by atoms with E-state index in [4.69, 9.17) is 0 Å². The average molecular weight is 471 g/mol. The van der Waals surface area contributed by atoms with Crippen LogP contribution in [-0.4, -0.2) is 32.4 Å². The predicted octanol–water partition coefficient (Wildman–Crippen LogP) is 5.41. The van der Waals surface area contributed by atoms with Crippen molar-refractivity contribution in [1.29, 1.82) is 0 Å². The van der Waals surface area contributed by atoms with Crippen LogP contribution in [0.15, 0.2) is 83.3 Å². The van der Waals surface area contributed by atoms with Gasteiger partial charge in [-0.15, -0.1) is 5.11 Å². The first-order valence-corrected chi connectivity index (χ1v) is 10.7. The van der Waals surface area contributed by atoms with E-state index in [9.17, 15) is 14.3 Å². The second-order valence-corrected chi connectivity index (χ2v) is 7.61. The fourth-order valence-electron chi connectivity index (χ4n) is 3.10. The summed E-state index contributed by atoms with van der Waals surface area (Å²) in [5, 5.41) is 23.4. The lowest BCUT2D eigenvalue weighted by Crippen LogP contribution is -2.12. The summed E-state index contributed by atoms with van der Waals surface area (Å²) < 4.78 is 13.7. The molecular formula is C25H22FN7O2. The van der Waals surface area contributed by atoms with Crippen molar-refractivity contribution in [1.82, 2.24) is 15.0 Å². The van der Waals surface area contributed by atoms with Crippen molar-refractivity contribution >= 4 is 28.9 Å². The molecule has 4 aromatic rings. The fraction of sp³-hybridized carbons (Fsp3) is 0.120. The molecule has 0 atom stereocenters. The van der Waals surface area contributed by atoms with Crippen LogP contribution in [0.2, 0.25) is 0 Å². The number of Topliss-reactive ketones (excluding diaryl/α,β-unsaturated/α-hetero) is 1. The number of aromatic nitrogens is 3. The molecule has 35 heavy (non-hydrogen) atoms. The van der Waals surface area contributed by atoms with Crippen LogP contribution in [0.5, 0.6) is 5.75 Å². The standard InChI is InChI=1S/C25H22FN7O2/c1-16(34)12-28-24-23(26)15-29-25(32-24)33-30-14-20-9-10-21(13-27-20)31-19-7-5-17(6-8-19)18-3-2-4-22(35)11-18/h2-11,13,15,31,35H,12,14H2,1H3,(H,28,29,32). The monoisotopic (exact) mass is 471 g/mol. The molecule has 0 aliphatic rings. The molecule has 0 amide bonds. The van der Waals surface area contributed by atoms with Crippen molar-refractivity contribution in [3.63, 3.8) is 0 Å². The molecule has 0 spiro atoms. The predicted molar refractivity (Wildman–Crippen MR) is 130 cm³/mol. The summed E-state index contributed by atoms with van der Waals surface area (Å²) in [6, 6.07) is 18.6. The first kappa shape index (κ1) is 23.4. The maximum absolute atomic E-state index is 13.7. The molecule has 0 radical (unpaired) electrons. The highest BCUT2D eigenvalue weighted by Gasteiger charge is 2.07. The van der Waals surface area contributed by atoms with Gasteiger partial charge < -0.3 is 15.7 Å². The number of carbonyl (C=O) groups is 1. The van der Waals surface area contributed by atoms with E-state index in [0.717, 1.165) is 28.7 Å². The number of pyridine rings is 1. The second kappa shape index (κ2) is 10.9.